The molecule has 1 fully saturated rings. The Hall–Kier alpha value is -2.08. The minimum Gasteiger partial charge on any atom is -0.376 e. The monoisotopic (exact) mass is 332 g/mol. The molecule has 2 rings (SSSR count). The van der Waals surface area contributed by atoms with Crippen LogP contribution in [0.5, 0.6) is 0 Å². The summed E-state index contributed by atoms with van der Waals surface area (Å²) in [5.41, 5.74) is 1.67. The zero-order chi connectivity index (χ0) is 17.2. The van der Waals surface area contributed by atoms with E-state index in [9.17, 15) is 4.79 Å². The van der Waals surface area contributed by atoms with E-state index in [0.29, 0.717) is 18.7 Å². The van der Waals surface area contributed by atoms with Crippen molar-refractivity contribution in [3.05, 3.63) is 35.4 Å². The molecule has 1 heterocycles. The Morgan fingerprint density at radius 3 is 2.71 bits per heavy atom. The van der Waals surface area contributed by atoms with E-state index in [1.165, 1.54) is 0 Å². The molecule has 1 aliphatic rings. The number of hydrogen-bond acceptors (Lipinski definition) is 3. The number of ether oxygens (including phenoxy) is 1. The minimum absolute atomic E-state index is 0.0603. The smallest absolute Gasteiger partial charge is 0.251 e. The largest absolute Gasteiger partial charge is 0.376 e. The van der Waals surface area contributed by atoms with Crippen LogP contribution in [0.2, 0.25) is 0 Å². The molecule has 1 atom stereocenters. The van der Waals surface area contributed by atoms with E-state index >= 15 is 0 Å². The van der Waals surface area contributed by atoms with Gasteiger partial charge in [0.25, 0.3) is 5.91 Å². The summed E-state index contributed by atoms with van der Waals surface area (Å²) >= 11 is 0. The third-order valence-electron chi connectivity index (χ3n) is 3.81. The Morgan fingerprint density at radius 2 is 2.04 bits per heavy atom. The van der Waals surface area contributed by atoms with Gasteiger partial charge in [-0.05, 0) is 44.4 Å². The van der Waals surface area contributed by atoms with Crippen molar-refractivity contribution in [1.29, 1.82) is 0 Å². The standard InChI is InChI=1S/C18H28N4O2/c1-3-19-18(20-4-2)22-12-14-7-5-8-15(11-14)17(23)21-13-16-9-6-10-24-16/h5,7-8,11,16H,3-4,6,9-10,12-13H2,1-2H3,(H,21,23)(H2,19,20,22)/t16-/m0/s1. The van der Waals surface area contributed by atoms with Crippen LogP contribution in [0.25, 0.3) is 0 Å². The zero-order valence-corrected chi connectivity index (χ0v) is 14.6. The third kappa shape index (κ3) is 5.85. The highest BCUT2D eigenvalue weighted by atomic mass is 16.5. The second-order valence-corrected chi connectivity index (χ2v) is 5.77. The van der Waals surface area contributed by atoms with Crippen molar-refractivity contribution >= 4 is 11.9 Å². The summed E-state index contributed by atoms with van der Waals surface area (Å²) in [5.74, 6) is 0.725. The van der Waals surface area contributed by atoms with E-state index in [1.54, 1.807) is 0 Å². The molecule has 0 spiro atoms. The molecule has 0 aromatic heterocycles. The molecule has 0 saturated carbocycles. The number of aliphatic imine (C=N–C) groups is 1. The maximum absolute atomic E-state index is 12.3. The van der Waals surface area contributed by atoms with Crippen LogP contribution in [0.4, 0.5) is 0 Å². The summed E-state index contributed by atoms with van der Waals surface area (Å²) < 4.78 is 5.53. The lowest BCUT2D eigenvalue weighted by molar-refractivity contribution is 0.0857. The van der Waals surface area contributed by atoms with Crippen LogP contribution in [0, 0.1) is 0 Å². The molecule has 132 valence electrons. The molecule has 0 radical (unpaired) electrons. The molecular weight excluding hydrogens is 304 g/mol. The summed E-state index contributed by atoms with van der Waals surface area (Å²) in [6.45, 7) is 7.61. The van der Waals surface area contributed by atoms with Gasteiger partial charge in [-0.25, -0.2) is 4.99 Å². The van der Waals surface area contributed by atoms with Gasteiger partial charge in [-0.3, -0.25) is 4.79 Å². The SMILES string of the molecule is CCNC(=NCc1cccc(C(=O)NC[C@@H]2CCCO2)c1)NCC. The first-order chi connectivity index (χ1) is 11.7. The van der Waals surface area contributed by atoms with Crippen LogP contribution in [-0.4, -0.2) is 44.2 Å². The van der Waals surface area contributed by atoms with Crippen molar-refractivity contribution in [1.82, 2.24) is 16.0 Å². The molecule has 0 bridgehead atoms. The molecule has 0 aliphatic carbocycles. The van der Waals surface area contributed by atoms with Crippen LogP contribution >= 0.6 is 0 Å². The summed E-state index contributed by atoms with van der Waals surface area (Å²) in [6.07, 6.45) is 2.25. The number of nitrogens with one attached hydrogen (secondary N) is 3. The Balaban J connectivity index is 1.91. The number of benzene rings is 1. The number of carbonyl (C=O) groups is 1. The van der Waals surface area contributed by atoms with Gasteiger partial charge in [0.15, 0.2) is 5.96 Å². The minimum atomic E-state index is -0.0603. The molecule has 1 aromatic carbocycles. The maximum atomic E-state index is 12.3. The molecule has 1 saturated heterocycles. The topological polar surface area (TPSA) is 74.8 Å². The average molecular weight is 332 g/mol. The second-order valence-electron chi connectivity index (χ2n) is 5.77. The highest BCUT2D eigenvalue weighted by Gasteiger charge is 2.16. The fraction of sp³-hybridized carbons (Fsp3) is 0.556. The van der Waals surface area contributed by atoms with E-state index in [0.717, 1.165) is 44.1 Å². The first-order valence-electron chi connectivity index (χ1n) is 8.73. The first-order valence-corrected chi connectivity index (χ1v) is 8.73. The lowest BCUT2D eigenvalue weighted by Gasteiger charge is -2.11. The number of carbonyl (C=O) groups excluding carboxylic acids is 1. The Bertz CT molecular complexity index is 546. The van der Waals surface area contributed by atoms with Crippen molar-refractivity contribution in [2.75, 3.05) is 26.2 Å². The molecular formula is C18H28N4O2. The summed E-state index contributed by atoms with van der Waals surface area (Å²) in [4.78, 5) is 16.8. The van der Waals surface area contributed by atoms with E-state index in [-0.39, 0.29) is 12.0 Å². The fourth-order valence-electron chi connectivity index (χ4n) is 2.60. The predicted molar refractivity (Wildman–Crippen MR) is 96.2 cm³/mol. The lowest BCUT2D eigenvalue weighted by Crippen LogP contribution is -2.37. The normalized spacial score (nSPS) is 16.5. The van der Waals surface area contributed by atoms with Crippen molar-refractivity contribution in [2.24, 2.45) is 4.99 Å². The number of hydrogen-bond donors (Lipinski definition) is 3. The summed E-state index contributed by atoms with van der Waals surface area (Å²) in [5, 5.41) is 9.33. The molecule has 1 aliphatic heterocycles. The van der Waals surface area contributed by atoms with Crippen molar-refractivity contribution in [3.63, 3.8) is 0 Å². The van der Waals surface area contributed by atoms with Gasteiger partial charge < -0.3 is 20.7 Å². The molecule has 6 nitrogen and oxygen atoms in total. The maximum Gasteiger partial charge on any atom is 0.251 e. The molecule has 24 heavy (non-hydrogen) atoms. The number of rotatable bonds is 7. The number of amides is 1. The van der Waals surface area contributed by atoms with Gasteiger partial charge in [0.05, 0.1) is 12.6 Å². The first kappa shape index (κ1) is 18.3. The highest BCUT2D eigenvalue weighted by molar-refractivity contribution is 5.94. The third-order valence-corrected chi connectivity index (χ3v) is 3.81. The number of nitrogens with zero attached hydrogens (tertiary/aromatic N) is 1. The Kier molecular flexibility index (Phi) is 7.55. The van der Waals surface area contributed by atoms with Gasteiger partial charge in [0.2, 0.25) is 0 Å². The predicted octanol–water partition coefficient (Wildman–Crippen LogP) is 1.67. The van der Waals surface area contributed by atoms with Crippen LogP contribution < -0.4 is 16.0 Å². The molecule has 0 unspecified atom stereocenters. The number of guanidine groups is 1. The van der Waals surface area contributed by atoms with Crippen LogP contribution in [-0.2, 0) is 11.3 Å². The average Bonchev–Trinajstić information content (AvgIpc) is 3.12. The quantitative estimate of drug-likeness (QED) is 0.524. The van der Waals surface area contributed by atoms with Gasteiger partial charge in [-0.15, -0.1) is 0 Å². The van der Waals surface area contributed by atoms with E-state index in [4.69, 9.17) is 4.74 Å². The molecule has 1 amide bonds. The molecule has 6 heteroatoms. The van der Waals surface area contributed by atoms with Gasteiger partial charge in [0, 0.05) is 31.8 Å². The van der Waals surface area contributed by atoms with Crippen molar-refractivity contribution in [3.8, 4) is 0 Å². The van der Waals surface area contributed by atoms with Crippen LogP contribution in [0.15, 0.2) is 29.3 Å². The van der Waals surface area contributed by atoms with Gasteiger partial charge in [0.1, 0.15) is 0 Å². The summed E-state index contributed by atoms with van der Waals surface area (Å²) in [6, 6.07) is 7.60. The van der Waals surface area contributed by atoms with Crippen LogP contribution in [0.1, 0.15) is 42.6 Å². The van der Waals surface area contributed by atoms with E-state index < -0.39 is 0 Å². The highest BCUT2D eigenvalue weighted by Crippen LogP contribution is 2.11. The Labute approximate surface area is 144 Å². The van der Waals surface area contributed by atoms with Crippen LogP contribution in [0.3, 0.4) is 0 Å². The second kappa shape index (κ2) is 9.93. The van der Waals surface area contributed by atoms with Gasteiger partial charge in [-0.1, -0.05) is 12.1 Å². The fourth-order valence-corrected chi connectivity index (χ4v) is 2.60. The molecule has 3 N–H and O–H groups in total. The van der Waals surface area contributed by atoms with Crippen molar-refractivity contribution < 1.29 is 9.53 Å². The Morgan fingerprint density at radius 1 is 1.25 bits per heavy atom. The molecule has 1 aromatic rings. The zero-order valence-electron chi connectivity index (χ0n) is 14.6. The van der Waals surface area contributed by atoms with Crippen molar-refractivity contribution in [2.45, 2.75) is 39.3 Å². The van der Waals surface area contributed by atoms with E-state index in [1.807, 2.05) is 38.1 Å². The van der Waals surface area contributed by atoms with Gasteiger partial charge in [-0.2, -0.15) is 0 Å². The lowest BCUT2D eigenvalue weighted by atomic mass is 10.1. The van der Waals surface area contributed by atoms with E-state index in [2.05, 4.69) is 20.9 Å². The summed E-state index contributed by atoms with van der Waals surface area (Å²) in [7, 11) is 0. The van der Waals surface area contributed by atoms with Gasteiger partial charge >= 0.3 is 0 Å².